The average Bonchev–Trinajstić information content (AvgIpc) is 2.76. The van der Waals surface area contributed by atoms with Gasteiger partial charge < -0.3 is 24.5 Å². The molecule has 10 nitrogen and oxygen atoms in total. The van der Waals surface area contributed by atoms with Gasteiger partial charge in [0.15, 0.2) is 0 Å². The third-order valence-electron chi connectivity index (χ3n) is 5.49. The topological polar surface area (TPSA) is 102 Å². The molecule has 0 aromatic heterocycles. The normalized spacial score (nSPS) is 12.2. The molecule has 10 heteroatoms. The van der Waals surface area contributed by atoms with E-state index in [0.29, 0.717) is 26.2 Å². The summed E-state index contributed by atoms with van der Waals surface area (Å²) >= 11 is 0. The lowest BCUT2D eigenvalue weighted by Crippen LogP contribution is -2.35. The van der Waals surface area contributed by atoms with Crippen molar-refractivity contribution in [3.8, 4) is 0 Å². The van der Waals surface area contributed by atoms with Gasteiger partial charge in [-0.25, -0.2) is 0 Å². The number of amides is 5. The molecule has 1 fully saturated rings. The van der Waals surface area contributed by atoms with Gasteiger partial charge in [-0.1, -0.05) is 0 Å². The van der Waals surface area contributed by atoms with E-state index >= 15 is 0 Å². The summed E-state index contributed by atoms with van der Waals surface area (Å²) < 4.78 is 0. The van der Waals surface area contributed by atoms with Crippen LogP contribution in [0.4, 0.5) is 0 Å². The Bertz CT molecular complexity index is 555. The summed E-state index contributed by atoms with van der Waals surface area (Å²) in [7, 11) is 6.87. The third kappa shape index (κ3) is 17.6. The van der Waals surface area contributed by atoms with E-state index in [1.165, 1.54) is 47.0 Å². The second-order valence-electron chi connectivity index (χ2n) is 8.33. The smallest absolute Gasteiger partial charge is 0.219 e. The van der Waals surface area contributed by atoms with E-state index in [-0.39, 0.29) is 29.5 Å². The van der Waals surface area contributed by atoms with Crippen molar-refractivity contribution < 1.29 is 24.0 Å². The standard InChI is InChI=1S/2C8H16N2O2.C7H13NO/c2*1-7(11)9(3)5-6-10(4)8(2)12;1-7(9)8-5-3-2-4-6-8/h2*5-6H2,1-4H3;2-6H2,1H3. The van der Waals surface area contributed by atoms with E-state index in [4.69, 9.17) is 0 Å². The van der Waals surface area contributed by atoms with Gasteiger partial charge in [-0.15, -0.1) is 0 Å². The minimum absolute atomic E-state index is 0.0203. The monoisotopic (exact) mass is 471 g/mol. The second kappa shape index (κ2) is 17.9. The van der Waals surface area contributed by atoms with Gasteiger partial charge in [0.1, 0.15) is 0 Å². The van der Waals surface area contributed by atoms with Gasteiger partial charge >= 0.3 is 0 Å². The maximum Gasteiger partial charge on any atom is 0.219 e. The SMILES string of the molecule is CC(=O)N(C)CCN(C)C(C)=O.CC(=O)N(C)CCN(C)C(C)=O.CC(=O)N1CCCCC1. The molecule has 0 atom stereocenters. The fourth-order valence-electron chi connectivity index (χ4n) is 2.44. The Morgan fingerprint density at radius 3 is 0.909 bits per heavy atom. The molecule has 1 heterocycles. The van der Waals surface area contributed by atoms with Crippen molar-refractivity contribution in [3.05, 3.63) is 0 Å². The zero-order valence-electron chi connectivity index (χ0n) is 22.1. The molecule has 192 valence electrons. The summed E-state index contributed by atoms with van der Waals surface area (Å²) in [4.78, 5) is 62.0. The first-order valence-corrected chi connectivity index (χ1v) is 11.3. The number of piperidine rings is 1. The van der Waals surface area contributed by atoms with Gasteiger partial charge in [-0.3, -0.25) is 24.0 Å². The highest BCUT2D eigenvalue weighted by molar-refractivity contribution is 5.75. The van der Waals surface area contributed by atoms with Crippen molar-refractivity contribution >= 4 is 29.5 Å². The molecule has 1 aliphatic heterocycles. The van der Waals surface area contributed by atoms with Crippen molar-refractivity contribution in [2.24, 2.45) is 0 Å². The van der Waals surface area contributed by atoms with Crippen molar-refractivity contribution in [1.29, 1.82) is 0 Å². The Balaban J connectivity index is 0. The van der Waals surface area contributed by atoms with Gasteiger partial charge in [-0.2, -0.15) is 0 Å². The minimum atomic E-state index is 0.0203. The van der Waals surface area contributed by atoms with E-state index in [2.05, 4.69) is 0 Å². The summed E-state index contributed by atoms with van der Waals surface area (Å²) in [5.74, 6) is 0.313. The van der Waals surface area contributed by atoms with Crippen LogP contribution in [0.1, 0.15) is 53.9 Å². The first kappa shape index (κ1) is 32.5. The van der Waals surface area contributed by atoms with Crippen LogP contribution >= 0.6 is 0 Å². The molecule has 33 heavy (non-hydrogen) atoms. The molecule has 5 amide bonds. The van der Waals surface area contributed by atoms with Crippen LogP contribution in [-0.4, -0.2) is 121 Å². The van der Waals surface area contributed by atoms with Crippen molar-refractivity contribution in [3.63, 3.8) is 0 Å². The molecule has 1 saturated heterocycles. The average molecular weight is 472 g/mol. The molecule has 0 saturated carbocycles. The number of nitrogens with zero attached hydrogens (tertiary/aromatic N) is 5. The highest BCUT2D eigenvalue weighted by Crippen LogP contribution is 2.07. The lowest BCUT2D eigenvalue weighted by Gasteiger charge is -2.24. The molecule has 0 aliphatic carbocycles. The molecule has 0 aromatic rings. The number of carbonyl (C=O) groups is 5. The van der Waals surface area contributed by atoms with Crippen molar-refractivity contribution in [2.75, 3.05) is 67.5 Å². The van der Waals surface area contributed by atoms with E-state index in [0.717, 1.165) is 13.1 Å². The number of hydrogen-bond acceptors (Lipinski definition) is 5. The fraction of sp³-hybridized carbons (Fsp3) is 0.783. The van der Waals surface area contributed by atoms with E-state index in [1.54, 1.807) is 54.7 Å². The Morgan fingerprint density at radius 2 is 0.758 bits per heavy atom. The van der Waals surface area contributed by atoms with E-state index in [1.807, 2.05) is 4.90 Å². The Morgan fingerprint density at radius 1 is 0.515 bits per heavy atom. The molecule has 0 N–H and O–H groups in total. The van der Waals surface area contributed by atoms with Crippen LogP contribution in [0.3, 0.4) is 0 Å². The molecule has 0 spiro atoms. The highest BCUT2D eigenvalue weighted by Gasteiger charge is 2.11. The molecule has 0 radical (unpaired) electrons. The number of rotatable bonds is 6. The highest BCUT2D eigenvalue weighted by atomic mass is 16.2. The summed E-state index contributed by atoms with van der Waals surface area (Å²) in [6.07, 6.45) is 3.68. The van der Waals surface area contributed by atoms with Crippen LogP contribution in [0.25, 0.3) is 0 Å². The molecular formula is C23H45N5O5. The lowest BCUT2D eigenvalue weighted by molar-refractivity contribution is -0.131. The van der Waals surface area contributed by atoms with Gasteiger partial charge in [0.25, 0.3) is 0 Å². The molecule has 1 rings (SSSR count). The zero-order chi connectivity index (χ0) is 26.1. The molecule has 1 aliphatic rings. The number of likely N-dealkylation sites (N-methyl/N-ethyl adjacent to an activating group) is 4. The number of likely N-dealkylation sites (tertiary alicyclic amines) is 1. The van der Waals surface area contributed by atoms with Crippen LogP contribution < -0.4 is 0 Å². The largest absolute Gasteiger partial charge is 0.344 e. The fourth-order valence-corrected chi connectivity index (χ4v) is 2.44. The molecule has 0 bridgehead atoms. The predicted octanol–water partition coefficient (Wildman–Crippen LogP) is 0.905. The number of hydrogen-bond donors (Lipinski definition) is 0. The van der Waals surface area contributed by atoms with Crippen LogP contribution in [0.5, 0.6) is 0 Å². The van der Waals surface area contributed by atoms with Crippen molar-refractivity contribution in [1.82, 2.24) is 24.5 Å². The van der Waals surface area contributed by atoms with Crippen LogP contribution in [0.2, 0.25) is 0 Å². The van der Waals surface area contributed by atoms with Crippen LogP contribution in [0, 0.1) is 0 Å². The van der Waals surface area contributed by atoms with E-state index < -0.39 is 0 Å². The van der Waals surface area contributed by atoms with Crippen LogP contribution in [0.15, 0.2) is 0 Å². The van der Waals surface area contributed by atoms with E-state index in [9.17, 15) is 24.0 Å². The maximum absolute atomic E-state index is 10.7. The Hall–Kier alpha value is -2.65. The molecule has 0 unspecified atom stereocenters. The third-order valence-corrected chi connectivity index (χ3v) is 5.49. The number of carbonyl (C=O) groups excluding carboxylic acids is 5. The summed E-state index contributed by atoms with van der Waals surface area (Å²) in [5.41, 5.74) is 0. The van der Waals surface area contributed by atoms with Crippen molar-refractivity contribution in [2.45, 2.75) is 53.9 Å². The summed E-state index contributed by atoms with van der Waals surface area (Å²) in [6, 6.07) is 0. The first-order valence-electron chi connectivity index (χ1n) is 11.3. The Kier molecular flexibility index (Phi) is 17.6. The first-order chi connectivity index (χ1) is 15.2. The van der Waals surface area contributed by atoms with Gasteiger partial charge in [0, 0.05) is 102 Å². The Labute approximate surface area is 199 Å². The molecular weight excluding hydrogens is 426 g/mol. The predicted molar refractivity (Wildman–Crippen MR) is 129 cm³/mol. The van der Waals surface area contributed by atoms with Gasteiger partial charge in [0.2, 0.25) is 29.5 Å². The minimum Gasteiger partial charge on any atom is -0.344 e. The molecule has 0 aromatic carbocycles. The summed E-state index contributed by atoms with van der Waals surface area (Å²) in [5, 5.41) is 0. The van der Waals surface area contributed by atoms with Gasteiger partial charge in [-0.05, 0) is 19.3 Å². The quantitative estimate of drug-likeness (QED) is 0.573. The maximum atomic E-state index is 10.7. The zero-order valence-corrected chi connectivity index (χ0v) is 22.1. The second-order valence-corrected chi connectivity index (χ2v) is 8.33. The summed E-state index contributed by atoms with van der Waals surface area (Å²) in [6.45, 7) is 12.0. The lowest BCUT2D eigenvalue weighted by atomic mass is 10.1. The van der Waals surface area contributed by atoms with Gasteiger partial charge in [0.05, 0.1) is 0 Å². The van der Waals surface area contributed by atoms with Crippen LogP contribution in [-0.2, 0) is 24.0 Å².